The number of Topliss-reactive ketones (excluding diaryl/α,β-unsaturated/α-hetero) is 1. The number of hydrogen-bond donors (Lipinski definition) is 0. The van der Waals surface area contributed by atoms with Crippen molar-refractivity contribution in [3.63, 3.8) is 0 Å². The fourth-order valence-electron chi connectivity index (χ4n) is 2.28. The molecule has 2 heterocycles. The molecule has 0 N–H and O–H groups in total. The Hall–Kier alpha value is -1.74. The standard InChI is InChI=1S/C14H13NO2/c16-14(13-7-3-9-17-13)11-4-1-6-12-10(11)5-2-8-15-12/h1-2,4-6,8,13H,3,7,9H2. The Morgan fingerprint density at radius 2 is 2.24 bits per heavy atom. The summed E-state index contributed by atoms with van der Waals surface area (Å²) in [7, 11) is 0. The molecular weight excluding hydrogens is 214 g/mol. The van der Waals surface area contributed by atoms with Crippen LogP contribution in [0.25, 0.3) is 10.9 Å². The first-order valence-corrected chi connectivity index (χ1v) is 5.86. The molecule has 2 aromatic rings. The fraction of sp³-hybridized carbons (Fsp3) is 0.286. The van der Waals surface area contributed by atoms with Crippen LogP contribution in [-0.4, -0.2) is 23.5 Å². The molecule has 86 valence electrons. The summed E-state index contributed by atoms with van der Waals surface area (Å²) >= 11 is 0. The van der Waals surface area contributed by atoms with Crippen molar-refractivity contribution in [3.8, 4) is 0 Å². The van der Waals surface area contributed by atoms with Crippen LogP contribution in [0.3, 0.4) is 0 Å². The summed E-state index contributed by atoms with van der Waals surface area (Å²) < 4.78 is 5.45. The van der Waals surface area contributed by atoms with E-state index in [9.17, 15) is 4.79 Å². The molecule has 0 radical (unpaired) electrons. The molecule has 1 aromatic carbocycles. The average Bonchev–Trinajstić information content (AvgIpc) is 2.91. The molecule has 0 saturated carbocycles. The van der Waals surface area contributed by atoms with Gasteiger partial charge in [-0.1, -0.05) is 18.2 Å². The lowest BCUT2D eigenvalue weighted by molar-refractivity contribution is 0.0644. The van der Waals surface area contributed by atoms with Crippen molar-refractivity contribution in [2.75, 3.05) is 6.61 Å². The zero-order chi connectivity index (χ0) is 11.7. The van der Waals surface area contributed by atoms with Crippen molar-refractivity contribution in [2.45, 2.75) is 18.9 Å². The summed E-state index contributed by atoms with van der Waals surface area (Å²) in [6.45, 7) is 0.694. The number of aromatic nitrogens is 1. The molecular formula is C14H13NO2. The third-order valence-electron chi connectivity index (χ3n) is 3.13. The maximum absolute atomic E-state index is 12.3. The normalized spacial score (nSPS) is 19.6. The molecule has 1 aromatic heterocycles. The Morgan fingerprint density at radius 3 is 3.06 bits per heavy atom. The third-order valence-corrected chi connectivity index (χ3v) is 3.13. The van der Waals surface area contributed by atoms with E-state index in [1.807, 2.05) is 30.3 Å². The van der Waals surface area contributed by atoms with Gasteiger partial charge in [-0.2, -0.15) is 0 Å². The van der Waals surface area contributed by atoms with E-state index in [0.717, 1.165) is 29.3 Å². The first-order valence-electron chi connectivity index (χ1n) is 5.86. The maximum Gasteiger partial charge on any atom is 0.192 e. The van der Waals surface area contributed by atoms with Gasteiger partial charge in [0.05, 0.1) is 5.52 Å². The van der Waals surface area contributed by atoms with Gasteiger partial charge in [-0.05, 0) is 25.0 Å². The molecule has 1 unspecified atom stereocenters. The Bertz CT molecular complexity index is 554. The number of fused-ring (bicyclic) bond motifs is 1. The first kappa shape index (κ1) is 10.4. The number of ether oxygens (including phenoxy) is 1. The number of carbonyl (C=O) groups is 1. The number of pyridine rings is 1. The Morgan fingerprint density at radius 1 is 1.29 bits per heavy atom. The molecule has 0 spiro atoms. The summed E-state index contributed by atoms with van der Waals surface area (Å²) in [6, 6.07) is 9.44. The fourth-order valence-corrected chi connectivity index (χ4v) is 2.28. The molecule has 0 aliphatic carbocycles. The van der Waals surface area contributed by atoms with Crippen LogP contribution >= 0.6 is 0 Å². The van der Waals surface area contributed by atoms with E-state index in [4.69, 9.17) is 4.74 Å². The highest BCUT2D eigenvalue weighted by Crippen LogP contribution is 2.22. The molecule has 0 bridgehead atoms. The SMILES string of the molecule is O=C(c1cccc2ncccc12)C1CCCO1. The van der Waals surface area contributed by atoms with Crippen molar-refractivity contribution in [1.29, 1.82) is 0 Å². The van der Waals surface area contributed by atoms with E-state index in [1.165, 1.54) is 0 Å². The second-order valence-corrected chi connectivity index (χ2v) is 4.24. The molecule has 3 nitrogen and oxygen atoms in total. The second-order valence-electron chi connectivity index (χ2n) is 4.24. The molecule has 3 rings (SSSR count). The lowest BCUT2D eigenvalue weighted by Gasteiger charge is -2.10. The number of ketones is 1. The minimum absolute atomic E-state index is 0.0844. The lowest BCUT2D eigenvalue weighted by atomic mass is 10.00. The van der Waals surface area contributed by atoms with Gasteiger partial charge in [0.25, 0.3) is 0 Å². The average molecular weight is 227 g/mol. The topological polar surface area (TPSA) is 39.2 Å². The third kappa shape index (κ3) is 1.83. The smallest absolute Gasteiger partial charge is 0.192 e. The zero-order valence-electron chi connectivity index (χ0n) is 9.43. The van der Waals surface area contributed by atoms with Crippen LogP contribution in [0, 0.1) is 0 Å². The quantitative estimate of drug-likeness (QED) is 0.740. The van der Waals surface area contributed by atoms with Crippen LogP contribution in [-0.2, 0) is 4.74 Å². The van der Waals surface area contributed by atoms with Crippen LogP contribution in [0.5, 0.6) is 0 Å². The molecule has 3 heteroatoms. The second kappa shape index (κ2) is 4.26. The van der Waals surface area contributed by atoms with Gasteiger partial charge < -0.3 is 4.74 Å². The molecule has 1 fully saturated rings. The van der Waals surface area contributed by atoms with Crippen LogP contribution in [0.2, 0.25) is 0 Å². The highest BCUT2D eigenvalue weighted by atomic mass is 16.5. The number of hydrogen-bond acceptors (Lipinski definition) is 3. The van der Waals surface area contributed by atoms with Crippen molar-refractivity contribution in [1.82, 2.24) is 4.98 Å². The molecule has 1 aliphatic heterocycles. The zero-order valence-corrected chi connectivity index (χ0v) is 9.43. The van der Waals surface area contributed by atoms with Gasteiger partial charge in [0.2, 0.25) is 0 Å². The number of nitrogens with zero attached hydrogens (tertiary/aromatic N) is 1. The largest absolute Gasteiger partial charge is 0.370 e. The lowest BCUT2D eigenvalue weighted by Crippen LogP contribution is -2.19. The van der Waals surface area contributed by atoms with Gasteiger partial charge in [0, 0.05) is 23.8 Å². The van der Waals surface area contributed by atoms with E-state index >= 15 is 0 Å². The van der Waals surface area contributed by atoms with Crippen LogP contribution < -0.4 is 0 Å². The predicted molar refractivity (Wildman–Crippen MR) is 65.0 cm³/mol. The van der Waals surface area contributed by atoms with Gasteiger partial charge in [-0.25, -0.2) is 0 Å². The summed E-state index contributed by atoms with van der Waals surface area (Å²) in [5.74, 6) is 0.0844. The summed E-state index contributed by atoms with van der Waals surface area (Å²) in [5.41, 5.74) is 1.58. The molecule has 1 aliphatic rings. The van der Waals surface area contributed by atoms with Crippen molar-refractivity contribution in [3.05, 3.63) is 42.1 Å². The van der Waals surface area contributed by atoms with Crippen LogP contribution in [0.1, 0.15) is 23.2 Å². The van der Waals surface area contributed by atoms with Gasteiger partial charge in [0.15, 0.2) is 5.78 Å². The molecule has 1 atom stereocenters. The van der Waals surface area contributed by atoms with Gasteiger partial charge in [-0.15, -0.1) is 0 Å². The van der Waals surface area contributed by atoms with Gasteiger partial charge in [-0.3, -0.25) is 9.78 Å². The van der Waals surface area contributed by atoms with Crippen molar-refractivity contribution in [2.24, 2.45) is 0 Å². The highest BCUT2D eigenvalue weighted by Gasteiger charge is 2.25. The van der Waals surface area contributed by atoms with Crippen molar-refractivity contribution < 1.29 is 9.53 Å². The molecule has 17 heavy (non-hydrogen) atoms. The molecule has 1 saturated heterocycles. The van der Waals surface area contributed by atoms with Crippen molar-refractivity contribution >= 4 is 16.7 Å². The number of rotatable bonds is 2. The first-order chi connectivity index (χ1) is 8.36. The van der Waals surface area contributed by atoms with Crippen LogP contribution in [0.15, 0.2) is 36.5 Å². The van der Waals surface area contributed by atoms with Gasteiger partial charge >= 0.3 is 0 Å². The minimum atomic E-state index is -0.263. The Labute approximate surface area is 99.4 Å². The van der Waals surface area contributed by atoms with E-state index in [0.29, 0.717) is 6.61 Å². The van der Waals surface area contributed by atoms with E-state index < -0.39 is 0 Å². The highest BCUT2D eigenvalue weighted by molar-refractivity contribution is 6.09. The Balaban J connectivity index is 2.07. The Kier molecular flexibility index (Phi) is 2.61. The maximum atomic E-state index is 12.3. The van der Waals surface area contributed by atoms with E-state index in [1.54, 1.807) is 6.20 Å². The monoisotopic (exact) mass is 227 g/mol. The summed E-state index contributed by atoms with van der Waals surface area (Å²) in [4.78, 5) is 16.6. The van der Waals surface area contributed by atoms with Gasteiger partial charge in [0.1, 0.15) is 6.10 Å². The minimum Gasteiger partial charge on any atom is -0.370 e. The summed E-state index contributed by atoms with van der Waals surface area (Å²) in [6.07, 6.45) is 3.28. The summed E-state index contributed by atoms with van der Waals surface area (Å²) in [5, 5.41) is 0.913. The van der Waals surface area contributed by atoms with E-state index in [-0.39, 0.29) is 11.9 Å². The number of carbonyl (C=O) groups excluding carboxylic acids is 1. The van der Waals surface area contributed by atoms with Crippen LogP contribution in [0.4, 0.5) is 0 Å². The predicted octanol–water partition coefficient (Wildman–Crippen LogP) is 2.60. The van der Waals surface area contributed by atoms with E-state index in [2.05, 4.69) is 4.98 Å². The number of benzene rings is 1. The molecule has 0 amide bonds.